The van der Waals surface area contributed by atoms with Crippen LogP contribution in [0.3, 0.4) is 0 Å². The Morgan fingerprint density at radius 3 is 2.35 bits per heavy atom. The summed E-state index contributed by atoms with van der Waals surface area (Å²) in [5.74, 6) is -0.857. The molecule has 4 nitrogen and oxygen atoms in total. The number of aliphatic carboxylic acids is 1. The predicted molar refractivity (Wildman–Crippen MR) is 63.8 cm³/mol. The van der Waals surface area contributed by atoms with Gasteiger partial charge in [-0.2, -0.15) is 0 Å². The van der Waals surface area contributed by atoms with Crippen LogP contribution in [-0.2, 0) is 20.7 Å². The number of hydrogen-bond acceptors (Lipinski definition) is 3. The molecule has 0 bridgehead atoms. The van der Waals surface area contributed by atoms with Crippen LogP contribution in [0.5, 0.6) is 0 Å². The molecular weight excluding hydrogens is 220 g/mol. The summed E-state index contributed by atoms with van der Waals surface area (Å²) in [5, 5.41) is 8.85. The first kappa shape index (κ1) is 13.7. The van der Waals surface area contributed by atoms with E-state index in [0.29, 0.717) is 13.2 Å². The average Bonchev–Trinajstić information content (AvgIpc) is 2.29. The molecular formula is C13H18O4. The molecule has 1 aromatic rings. The van der Waals surface area contributed by atoms with Crippen molar-refractivity contribution in [2.45, 2.75) is 26.6 Å². The summed E-state index contributed by atoms with van der Waals surface area (Å²) >= 11 is 0. The minimum Gasteiger partial charge on any atom is -0.481 e. The lowest BCUT2D eigenvalue weighted by molar-refractivity contribution is -0.141. The first-order valence-corrected chi connectivity index (χ1v) is 5.71. The Morgan fingerprint density at radius 1 is 1.24 bits per heavy atom. The molecule has 0 unspecified atom stereocenters. The molecule has 0 fully saturated rings. The van der Waals surface area contributed by atoms with Gasteiger partial charge in [0, 0.05) is 18.8 Å². The molecule has 4 heteroatoms. The summed E-state index contributed by atoms with van der Waals surface area (Å²) in [6, 6.07) is 7.30. The maximum Gasteiger partial charge on any atom is 0.307 e. The number of carbonyl (C=O) groups is 1. The standard InChI is InChI=1S/C13H18O4/c1-3-16-13(17-4-2)11-8-6-5-7-10(11)9-12(14)15/h5-8,13H,3-4,9H2,1-2H3,(H,14,15). The van der Waals surface area contributed by atoms with Gasteiger partial charge in [-0.3, -0.25) is 4.79 Å². The molecule has 0 amide bonds. The molecule has 0 aromatic heterocycles. The minimum absolute atomic E-state index is 0.0210. The van der Waals surface area contributed by atoms with Crippen molar-refractivity contribution in [1.29, 1.82) is 0 Å². The molecule has 94 valence electrons. The summed E-state index contributed by atoms with van der Waals surface area (Å²) in [6.45, 7) is 4.80. The highest BCUT2D eigenvalue weighted by atomic mass is 16.7. The number of carboxylic acids is 1. The van der Waals surface area contributed by atoms with E-state index in [-0.39, 0.29) is 6.42 Å². The summed E-state index contributed by atoms with van der Waals surface area (Å²) in [4.78, 5) is 10.8. The van der Waals surface area contributed by atoms with Crippen LogP contribution < -0.4 is 0 Å². The molecule has 0 aliphatic heterocycles. The molecule has 0 aliphatic rings. The topological polar surface area (TPSA) is 55.8 Å². The molecule has 0 heterocycles. The van der Waals surface area contributed by atoms with Crippen LogP contribution in [0.2, 0.25) is 0 Å². The average molecular weight is 238 g/mol. The lowest BCUT2D eigenvalue weighted by atomic mass is 10.0. The van der Waals surface area contributed by atoms with E-state index in [9.17, 15) is 4.79 Å². The third-order valence-corrected chi connectivity index (χ3v) is 2.29. The second kappa shape index (κ2) is 7.04. The van der Waals surface area contributed by atoms with Gasteiger partial charge in [0.2, 0.25) is 0 Å². The van der Waals surface area contributed by atoms with Gasteiger partial charge in [0.1, 0.15) is 0 Å². The Morgan fingerprint density at radius 2 is 1.82 bits per heavy atom. The van der Waals surface area contributed by atoms with Crippen LogP contribution in [0, 0.1) is 0 Å². The highest BCUT2D eigenvalue weighted by molar-refractivity contribution is 5.70. The number of rotatable bonds is 7. The molecule has 17 heavy (non-hydrogen) atoms. The van der Waals surface area contributed by atoms with E-state index in [4.69, 9.17) is 14.6 Å². The summed E-state index contributed by atoms with van der Waals surface area (Å²) in [6.07, 6.45) is -0.507. The van der Waals surface area contributed by atoms with Crippen molar-refractivity contribution in [3.8, 4) is 0 Å². The Kier molecular flexibility index (Phi) is 5.66. The Hall–Kier alpha value is -1.39. The normalized spacial score (nSPS) is 10.8. The monoisotopic (exact) mass is 238 g/mol. The lowest BCUT2D eigenvalue weighted by Gasteiger charge is -2.19. The largest absolute Gasteiger partial charge is 0.481 e. The predicted octanol–water partition coefficient (Wildman–Crippen LogP) is 2.39. The van der Waals surface area contributed by atoms with Crippen LogP contribution in [-0.4, -0.2) is 24.3 Å². The van der Waals surface area contributed by atoms with E-state index in [0.717, 1.165) is 11.1 Å². The van der Waals surface area contributed by atoms with E-state index in [1.54, 1.807) is 6.07 Å². The molecule has 1 aromatic carbocycles. The van der Waals surface area contributed by atoms with Crippen LogP contribution in [0.1, 0.15) is 31.3 Å². The Balaban J connectivity index is 2.95. The Bertz CT molecular complexity index is 356. The number of benzene rings is 1. The lowest BCUT2D eigenvalue weighted by Crippen LogP contribution is -2.13. The third-order valence-electron chi connectivity index (χ3n) is 2.29. The van der Waals surface area contributed by atoms with Crippen LogP contribution in [0.4, 0.5) is 0 Å². The van der Waals surface area contributed by atoms with Gasteiger partial charge >= 0.3 is 5.97 Å². The van der Waals surface area contributed by atoms with Crippen LogP contribution in [0.15, 0.2) is 24.3 Å². The molecule has 0 saturated carbocycles. The second-order valence-corrected chi connectivity index (χ2v) is 3.51. The van der Waals surface area contributed by atoms with Crippen LogP contribution >= 0.6 is 0 Å². The molecule has 0 radical (unpaired) electrons. The second-order valence-electron chi connectivity index (χ2n) is 3.51. The zero-order valence-corrected chi connectivity index (χ0v) is 10.2. The van der Waals surface area contributed by atoms with Crippen molar-refractivity contribution in [1.82, 2.24) is 0 Å². The summed E-state index contributed by atoms with van der Waals surface area (Å²) < 4.78 is 11.0. The molecule has 1 rings (SSSR count). The van der Waals surface area contributed by atoms with Crippen molar-refractivity contribution in [3.63, 3.8) is 0 Å². The molecule has 0 spiro atoms. The fourth-order valence-corrected chi connectivity index (χ4v) is 1.62. The zero-order valence-electron chi connectivity index (χ0n) is 10.2. The van der Waals surface area contributed by atoms with Gasteiger partial charge in [0.05, 0.1) is 6.42 Å². The maximum atomic E-state index is 10.8. The third kappa shape index (κ3) is 4.17. The number of ether oxygens (including phenoxy) is 2. The molecule has 0 atom stereocenters. The van der Waals surface area contributed by atoms with Crippen molar-refractivity contribution in [2.24, 2.45) is 0 Å². The van der Waals surface area contributed by atoms with Crippen molar-refractivity contribution >= 4 is 5.97 Å². The maximum absolute atomic E-state index is 10.8. The van der Waals surface area contributed by atoms with Gasteiger partial charge in [-0.1, -0.05) is 24.3 Å². The van der Waals surface area contributed by atoms with Crippen molar-refractivity contribution < 1.29 is 19.4 Å². The quantitative estimate of drug-likeness (QED) is 0.741. The summed E-state index contributed by atoms with van der Waals surface area (Å²) in [7, 11) is 0. The first-order valence-electron chi connectivity index (χ1n) is 5.71. The number of hydrogen-bond donors (Lipinski definition) is 1. The van der Waals surface area contributed by atoms with Gasteiger partial charge in [0.25, 0.3) is 0 Å². The fourth-order valence-electron chi connectivity index (χ4n) is 1.62. The highest BCUT2D eigenvalue weighted by Crippen LogP contribution is 2.23. The molecule has 1 N–H and O–H groups in total. The van der Waals surface area contributed by atoms with Crippen LogP contribution in [0.25, 0.3) is 0 Å². The van der Waals surface area contributed by atoms with Gasteiger partial charge in [-0.05, 0) is 19.4 Å². The van der Waals surface area contributed by atoms with Gasteiger partial charge < -0.3 is 14.6 Å². The van der Waals surface area contributed by atoms with E-state index in [1.165, 1.54) is 0 Å². The smallest absolute Gasteiger partial charge is 0.307 e. The van der Waals surface area contributed by atoms with Gasteiger partial charge in [0.15, 0.2) is 6.29 Å². The van der Waals surface area contributed by atoms with Crippen molar-refractivity contribution in [3.05, 3.63) is 35.4 Å². The van der Waals surface area contributed by atoms with E-state index in [2.05, 4.69) is 0 Å². The molecule has 0 saturated heterocycles. The Labute approximate surface area is 101 Å². The van der Waals surface area contributed by atoms with Gasteiger partial charge in [-0.25, -0.2) is 0 Å². The fraction of sp³-hybridized carbons (Fsp3) is 0.462. The molecule has 0 aliphatic carbocycles. The van der Waals surface area contributed by atoms with Gasteiger partial charge in [-0.15, -0.1) is 0 Å². The first-order chi connectivity index (χ1) is 8.19. The van der Waals surface area contributed by atoms with E-state index < -0.39 is 12.3 Å². The number of carboxylic acid groups (broad SMARTS) is 1. The van der Waals surface area contributed by atoms with E-state index >= 15 is 0 Å². The summed E-state index contributed by atoms with van der Waals surface area (Å²) in [5.41, 5.74) is 1.52. The SMILES string of the molecule is CCOC(OCC)c1ccccc1CC(=O)O. The van der Waals surface area contributed by atoms with Crippen molar-refractivity contribution in [2.75, 3.05) is 13.2 Å². The zero-order chi connectivity index (χ0) is 12.7. The van der Waals surface area contributed by atoms with E-state index in [1.807, 2.05) is 32.0 Å². The minimum atomic E-state index is -0.857. The highest BCUT2D eigenvalue weighted by Gasteiger charge is 2.16.